The first-order valence-corrected chi connectivity index (χ1v) is 9.25. The number of carbonyl (C=O) groups is 1. The Labute approximate surface area is 160 Å². The minimum atomic E-state index is -0.746. The summed E-state index contributed by atoms with van der Waals surface area (Å²) in [6, 6.07) is 27.8. The van der Waals surface area contributed by atoms with Crippen LogP contribution in [0, 0.1) is 0 Å². The molecule has 0 bridgehead atoms. The maximum atomic E-state index is 12.0. The van der Waals surface area contributed by atoms with Gasteiger partial charge in [0.1, 0.15) is 5.60 Å². The number of rotatable bonds is 7. The van der Waals surface area contributed by atoms with Crippen LogP contribution in [0.15, 0.2) is 84.9 Å². The molecule has 0 spiro atoms. The molecule has 0 saturated carbocycles. The molecule has 0 atom stereocenters. The molecule has 0 unspecified atom stereocenters. The molecule has 3 heteroatoms. The first-order chi connectivity index (χ1) is 13.2. The van der Waals surface area contributed by atoms with E-state index in [0.717, 1.165) is 16.7 Å². The molecule has 0 aromatic heterocycles. The second-order valence-corrected chi connectivity index (χ2v) is 6.14. The van der Waals surface area contributed by atoms with Crippen molar-refractivity contribution < 1.29 is 14.3 Å². The lowest BCUT2D eigenvalue weighted by molar-refractivity contribution is 0.0215. The second-order valence-electron chi connectivity index (χ2n) is 6.14. The molecule has 138 valence electrons. The van der Waals surface area contributed by atoms with E-state index in [4.69, 9.17) is 9.47 Å². The molecule has 0 saturated heterocycles. The number of carbonyl (C=O) groups excluding carboxylic acids is 1. The summed E-state index contributed by atoms with van der Waals surface area (Å²) in [6.45, 7) is 4.70. The highest BCUT2D eigenvalue weighted by Gasteiger charge is 2.37. The standard InChI is InChI=1S/C24H24O3/c1-3-26-23(25)19-15-17-22(18-16-19)24(27-4-2,20-11-7-5-8-12-20)21-13-9-6-10-14-21/h5-18H,3-4H2,1-2H3. The van der Waals surface area contributed by atoms with Gasteiger partial charge in [0.2, 0.25) is 0 Å². The van der Waals surface area contributed by atoms with Crippen LogP contribution in [0.1, 0.15) is 40.9 Å². The summed E-state index contributed by atoms with van der Waals surface area (Å²) in [5.74, 6) is -0.314. The molecule has 0 aliphatic rings. The zero-order chi connectivity index (χ0) is 19.1. The molecule has 0 heterocycles. The fourth-order valence-electron chi connectivity index (χ4n) is 3.37. The molecule has 3 aromatic carbocycles. The van der Waals surface area contributed by atoms with E-state index in [1.807, 2.05) is 55.5 Å². The van der Waals surface area contributed by atoms with Gasteiger partial charge < -0.3 is 9.47 Å². The van der Waals surface area contributed by atoms with Crippen LogP contribution < -0.4 is 0 Å². The summed E-state index contributed by atoms with van der Waals surface area (Å²) in [5, 5.41) is 0. The van der Waals surface area contributed by atoms with Gasteiger partial charge in [0.25, 0.3) is 0 Å². The Balaban J connectivity index is 2.16. The second kappa shape index (κ2) is 8.65. The third-order valence-electron chi connectivity index (χ3n) is 4.52. The third kappa shape index (κ3) is 3.79. The van der Waals surface area contributed by atoms with Crippen LogP contribution in [-0.4, -0.2) is 19.2 Å². The van der Waals surface area contributed by atoms with Crippen molar-refractivity contribution in [1.29, 1.82) is 0 Å². The zero-order valence-electron chi connectivity index (χ0n) is 15.7. The third-order valence-corrected chi connectivity index (χ3v) is 4.52. The number of benzene rings is 3. The fourth-order valence-corrected chi connectivity index (χ4v) is 3.37. The number of esters is 1. The minimum absolute atomic E-state index is 0.314. The molecule has 0 N–H and O–H groups in total. The minimum Gasteiger partial charge on any atom is -0.462 e. The van der Waals surface area contributed by atoms with Crippen molar-refractivity contribution in [2.75, 3.05) is 13.2 Å². The normalized spacial score (nSPS) is 11.2. The van der Waals surface area contributed by atoms with E-state index < -0.39 is 5.60 Å². The summed E-state index contributed by atoms with van der Waals surface area (Å²) in [6.07, 6.45) is 0. The van der Waals surface area contributed by atoms with Gasteiger partial charge in [0.15, 0.2) is 0 Å². The Hall–Kier alpha value is -2.91. The summed E-state index contributed by atoms with van der Waals surface area (Å²) in [7, 11) is 0. The molecule has 3 rings (SSSR count). The van der Waals surface area contributed by atoms with Gasteiger partial charge in [0, 0.05) is 6.61 Å². The van der Waals surface area contributed by atoms with Crippen LogP contribution in [0.25, 0.3) is 0 Å². The zero-order valence-corrected chi connectivity index (χ0v) is 15.7. The highest BCUT2D eigenvalue weighted by molar-refractivity contribution is 5.89. The molecule has 0 aliphatic carbocycles. The van der Waals surface area contributed by atoms with Crippen molar-refractivity contribution in [3.8, 4) is 0 Å². The van der Waals surface area contributed by atoms with Crippen molar-refractivity contribution in [3.63, 3.8) is 0 Å². The van der Waals surface area contributed by atoms with Gasteiger partial charge in [-0.2, -0.15) is 0 Å². The molecule has 0 radical (unpaired) electrons. The van der Waals surface area contributed by atoms with Gasteiger partial charge in [-0.1, -0.05) is 72.8 Å². The van der Waals surface area contributed by atoms with Crippen LogP contribution in [0.3, 0.4) is 0 Å². The summed E-state index contributed by atoms with van der Waals surface area (Å²) < 4.78 is 11.5. The highest BCUT2D eigenvalue weighted by atomic mass is 16.5. The van der Waals surface area contributed by atoms with Gasteiger partial charge in [0.05, 0.1) is 12.2 Å². The quantitative estimate of drug-likeness (QED) is 0.429. The molecular weight excluding hydrogens is 336 g/mol. The van der Waals surface area contributed by atoms with Crippen LogP contribution in [0.5, 0.6) is 0 Å². The smallest absolute Gasteiger partial charge is 0.338 e. The maximum Gasteiger partial charge on any atom is 0.338 e. The number of hydrogen-bond donors (Lipinski definition) is 0. The highest BCUT2D eigenvalue weighted by Crippen LogP contribution is 2.40. The Morgan fingerprint density at radius 1 is 0.704 bits per heavy atom. The van der Waals surface area contributed by atoms with Crippen LogP contribution >= 0.6 is 0 Å². The van der Waals surface area contributed by atoms with Gasteiger partial charge >= 0.3 is 5.97 Å². The molecule has 0 amide bonds. The van der Waals surface area contributed by atoms with E-state index in [1.54, 1.807) is 19.1 Å². The molecule has 0 aliphatic heterocycles. The van der Waals surface area contributed by atoms with E-state index in [1.165, 1.54) is 0 Å². The monoisotopic (exact) mass is 360 g/mol. The van der Waals surface area contributed by atoms with Gasteiger partial charge in [-0.15, -0.1) is 0 Å². The molecule has 3 aromatic rings. The van der Waals surface area contributed by atoms with E-state index in [2.05, 4.69) is 24.3 Å². The SMILES string of the molecule is CCOC(=O)c1ccc(C(OCC)(c2ccccc2)c2ccccc2)cc1. The van der Waals surface area contributed by atoms with Crippen molar-refractivity contribution in [3.05, 3.63) is 107 Å². The van der Waals surface area contributed by atoms with E-state index in [9.17, 15) is 4.79 Å². The van der Waals surface area contributed by atoms with Gasteiger partial charge in [-0.05, 0) is 42.7 Å². The number of hydrogen-bond acceptors (Lipinski definition) is 3. The van der Waals surface area contributed by atoms with Gasteiger partial charge in [-0.3, -0.25) is 0 Å². The first-order valence-electron chi connectivity index (χ1n) is 9.25. The molecule has 27 heavy (non-hydrogen) atoms. The predicted octanol–water partition coefficient (Wildman–Crippen LogP) is 5.19. The van der Waals surface area contributed by atoms with Crippen molar-refractivity contribution in [2.24, 2.45) is 0 Å². The summed E-state index contributed by atoms with van der Waals surface area (Å²) in [5.41, 5.74) is 2.84. The number of ether oxygens (including phenoxy) is 2. The van der Waals surface area contributed by atoms with Gasteiger partial charge in [-0.25, -0.2) is 4.79 Å². The van der Waals surface area contributed by atoms with Crippen molar-refractivity contribution in [2.45, 2.75) is 19.4 Å². The van der Waals surface area contributed by atoms with Crippen LogP contribution in [-0.2, 0) is 15.1 Å². The first kappa shape index (κ1) is 18.9. The molecule has 0 fully saturated rings. The molecular formula is C24H24O3. The summed E-state index contributed by atoms with van der Waals surface area (Å²) in [4.78, 5) is 12.0. The molecule has 3 nitrogen and oxygen atoms in total. The Morgan fingerprint density at radius 2 is 1.19 bits per heavy atom. The Morgan fingerprint density at radius 3 is 1.63 bits per heavy atom. The largest absolute Gasteiger partial charge is 0.462 e. The van der Waals surface area contributed by atoms with Crippen LogP contribution in [0.2, 0.25) is 0 Å². The van der Waals surface area contributed by atoms with E-state index in [0.29, 0.717) is 18.8 Å². The average Bonchev–Trinajstić information content (AvgIpc) is 2.74. The fraction of sp³-hybridized carbons (Fsp3) is 0.208. The lowest BCUT2D eigenvalue weighted by atomic mass is 9.80. The van der Waals surface area contributed by atoms with Crippen molar-refractivity contribution >= 4 is 5.97 Å². The lowest BCUT2D eigenvalue weighted by Gasteiger charge is -2.35. The average molecular weight is 360 g/mol. The predicted molar refractivity (Wildman–Crippen MR) is 107 cm³/mol. The Bertz CT molecular complexity index is 816. The topological polar surface area (TPSA) is 35.5 Å². The Kier molecular flexibility index (Phi) is 6.05. The lowest BCUT2D eigenvalue weighted by Crippen LogP contribution is -2.33. The van der Waals surface area contributed by atoms with Crippen molar-refractivity contribution in [1.82, 2.24) is 0 Å². The summed E-state index contributed by atoms with van der Waals surface area (Å²) >= 11 is 0. The maximum absolute atomic E-state index is 12.0. The van der Waals surface area contributed by atoms with Crippen LogP contribution in [0.4, 0.5) is 0 Å². The van der Waals surface area contributed by atoms with E-state index in [-0.39, 0.29) is 5.97 Å². The van der Waals surface area contributed by atoms with E-state index >= 15 is 0 Å².